The molecule has 2 N–H and O–H groups in total. The van der Waals surface area contributed by atoms with Crippen molar-refractivity contribution in [2.24, 2.45) is 0 Å². The van der Waals surface area contributed by atoms with Crippen molar-refractivity contribution in [2.75, 3.05) is 5.73 Å². The zero-order chi connectivity index (χ0) is 14.4. The number of imidazole rings is 1. The molecule has 20 heavy (non-hydrogen) atoms. The van der Waals surface area contributed by atoms with E-state index in [1.807, 2.05) is 25.1 Å². The van der Waals surface area contributed by atoms with Crippen LogP contribution >= 0.6 is 11.6 Å². The van der Waals surface area contributed by atoms with Crippen LogP contribution < -0.4 is 5.73 Å². The van der Waals surface area contributed by atoms with E-state index in [-0.39, 0.29) is 0 Å². The lowest BCUT2D eigenvalue weighted by Crippen LogP contribution is -2.08. The lowest BCUT2D eigenvalue weighted by atomic mass is 10.1. The predicted octanol–water partition coefficient (Wildman–Crippen LogP) is 4.55. The number of hydrogen-bond donors (Lipinski definition) is 1. The van der Waals surface area contributed by atoms with E-state index in [9.17, 15) is 0 Å². The number of halogens is 1. The number of hydrogen-bond acceptors (Lipinski definition) is 2. The van der Waals surface area contributed by atoms with Crippen molar-refractivity contribution in [3.63, 3.8) is 0 Å². The Morgan fingerprint density at radius 1 is 1.35 bits per heavy atom. The van der Waals surface area contributed by atoms with Crippen LogP contribution in [0.4, 0.5) is 5.82 Å². The van der Waals surface area contributed by atoms with Gasteiger partial charge >= 0.3 is 0 Å². The van der Waals surface area contributed by atoms with Crippen LogP contribution in [0.1, 0.15) is 50.0 Å². The number of nitrogens with zero attached hydrogens (tertiary/aromatic N) is 2. The summed E-state index contributed by atoms with van der Waals surface area (Å²) in [5.41, 5.74) is 9.28. The summed E-state index contributed by atoms with van der Waals surface area (Å²) in [6, 6.07) is 6.34. The first kappa shape index (κ1) is 13.5. The molecular weight excluding hydrogens is 270 g/mol. The van der Waals surface area contributed by atoms with Crippen molar-refractivity contribution in [2.45, 2.75) is 45.6 Å². The lowest BCUT2D eigenvalue weighted by molar-refractivity contribution is 0.576. The third-order valence-corrected chi connectivity index (χ3v) is 4.29. The molecule has 3 nitrogen and oxygen atoms in total. The van der Waals surface area contributed by atoms with Gasteiger partial charge in [0, 0.05) is 22.5 Å². The van der Waals surface area contributed by atoms with Gasteiger partial charge < -0.3 is 10.3 Å². The molecule has 1 aromatic carbocycles. The third kappa shape index (κ3) is 2.20. The molecule has 1 saturated carbocycles. The Balaban J connectivity index is 2.13. The van der Waals surface area contributed by atoms with E-state index >= 15 is 0 Å². The van der Waals surface area contributed by atoms with Gasteiger partial charge in [0.2, 0.25) is 0 Å². The Kier molecular flexibility index (Phi) is 3.25. The molecule has 2 aromatic rings. The molecule has 1 aliphatic carbocycles. The standard InChI is InChI=1S/C16H20ClN3/c1-9(2)20-15(18)14(19-16(20)11-6-7-11)12-5-4-10(3)13(17)8-12/h4-5,8-9,11H,6-7,18H2,1-3H3. The summed E-state index contributed by atoms with van der Waals surface area (Å²) in [6.45, 7) is 6.30. The van der Waals surface area contributed by atoms with Gasteiger partial charge in [-0.05, 0) is 45.2 Å². The van der Waals surface area contributed by atoms with Crippen LogP contribution in [-0.4, -0.2) is 9.55 Å². The van der Waals surface area contributed by atoms with E-state index in [0.717, 1.165) is 33.5 Å². The molecule has 1 aliphatic rings. The second-order valence-corrected chi connectivity index (χ2v) is 6.31. The Bertz CT molecular complexity index is 654. The molecule has 1 aromatic heterocycles. The number of rotatable bonds is 3. The Hall–Kier alpha value is -1.48. The van der Waals surface area contributed by atoms with E-state index < -0.39 is 0 Å². The monoisotopic (exact) mass is 289 g/mol. The molecule has 4 heteroatoms. The Morgan fingerprint density at radius 2 is 2.05 bits per heavy atom. The van der Waals surface area contributed by atoms with Crippen LogP contribution in [0.5, 0.6) is 0 Å². The van der Waals surface area contributed by atoms with Crippen LogP contribution in [0.2, 0.25) is 5.02 Å². The van der Waals surface area contributed by atoms with Crippen molar-refractivity contribution in [1.82, 2.24) is 9.55 Å². The van der Waals surface area contributed by atoms with Gasteiger partial charge in [-0.25, -0.2) is 4.98 Å². The molecule has 1 heterocycles. The predicted molar refractivity (Wildman–Crippen MR) is 84.2 cm³/mol. The highest BCUT2D eigenvalue weighted by molar-refractivity contribution is 6.31. The topological polar surface area (TPSA) is 43.8 Å². The van der Waals surface area contributed by atoms with Gasteiger partial charge in [0.15, 0.2) is 0 Å². The maximum absolute atomic E-state index is 6.35. The summed E-state index contributed by atoms with van der Waals surface area (Å²) in [4.78, 5) is 4.81. The molecule has 1 fully saturated rings. The second-order valence-electron chi connectivity index (χ2n) is 5.91. The zero-order valence-corrected chi connectivity index (χ0v) is 12.9. The minimum absolute atomic E-state index is 0.327. The van der Waals surface area contributed by atoms with Crippen LogP contribution in [0.25, 0.3) is 11.3 Å². The van der Waals surface area contributed by atoms with Gasteiger partial charge in [0.25, 0.3) is 0 Å². The summed E-state index contributed by atoms with van der Waals surface area (Å²) in [5.74, 6) is 2.46. The SMILES string of the molecule is Cc1ccc(-c2nc(C3CC3)n(C(C)C)c2N)cc1Cl. The molecule has 0 aliphatic heterocycles. The minimum atomic E-state index is 0.327. The average molecular weight is 290 g/mol. The lowest BCUT2D eigenvalue weighted by Gasteiger charge is -2.13. The Labute approximate surface area is 124 Å². The van der Waals surface area contributed by atoms with Crippen molar-refractivity contribution >= 4 is 17.4 Å². The fourth-order valence-corrected chi connectivity index (χ4v) is 2.77. The van der Waals surface area contributed by atoms with Crippen molar-refractivity contribution in [3.8, 4) is 11.3 Å². The van der Waals surface area contributed by atoms with Gasteiger partial charge in [-0.3, -0.25) is 0 Å². The molecule has 0 bridgehead atoms. The van der Waals surface area contributed by atoms with E-state index in [2.05, 4.69) is 18.4 Å². The maximum Gasteiger partial charge on any atom is 0.131 e. The van der Waals surface area contributed by atoms with Crippen molar-refractivity contribution < 1.29 is 0 Å². The summed E-state index contributed by atoms with van der Waals surface area (Å²) >= 11 is 6.22. The van der Waals surface area contributed by atoms with Crippen molar-refractivity contribution in [1.29, 1.82) is 0 Å². The fraction of sp³-hybridized carbons (Fsp3) is 0.438. The van der Waals surface area contributed by atoms with Crippen LogP contribution in [0.3, 0.4) is 0 Å². The van der Waals surface area contributed by atoms with Gasteiger partial charge in [-0.1, -0.05) is 23.7 Å². The molecule has 0 saturated heterocycles. The largest absolute Gasteiger partial charge is 0.383 e. The first-order valence-electron chi connectivity index (χ1n) is 7.13. The molecule has 0 spiro atoms. The van der Waals surface area contributed by atoms with Gasteiger partial charge in [-0.2, -0.15) is 0 Å². The summed E-state index contributed by atoms with van der Waals surface area (Å²) in [5, 5.41) is 0.758. The van der Waals surface area contributed by atoms with Gasteiger partial charge in [0.05, 0.1) is 0 Å². The van der Waals surface area contributed by atoms with Crippen molar-refractivity contribution in [3.05, 3.63) is 34.6 Å². The van der Waals surface area contributed by atoms with E-state index in [4.69, 9.17) is 22.3 Å². The number of benzene rings is 1. The third-order valence-electron chi connectivity index (χ3n) is 3.88. The average Bonchev–Trinajstić information content (AvgIpc) is 3.16. The zero-order valence-electron chi connectivity index (χ0n) is 12.2. The first-order valence-corrected chi connectivity index (χ1v) is 7.51. The van der Waals surface area contributed by atoms with E-state index in [1.54, 1.807) is 0 Å². The molecule has 106 valence electrons. The highest BCUT2D eigenvalue weighted by atomic mass is 35.5. The van der Waals surface area contributed by atoms with Gasteiger partial charge in [0.1, 0.15) is 17.3 Å². The molecule has 0 unspecified atom stereocenters. The summed E-state index contributed by atoms with van der Waals surface area (Å²) < 4.78 is 2.17. The van der Waals surface area contributed by atoms with Gasteiger partial charge in [-0.15, -0.1) is 0 Å². The number of nitrogen functional groups attached to an aromatic ring is 1. The number of nitrogens with two attached hydrogens (primary N) is 1. The first-order chi connectivity index (χ1) is 9.49. The fourth-order valence-electron chi connectivity index (χ4n) is 2.59. The second kappa shape index (κ2) is 4.81. The molecule has 0 atom stereocenters. The molecule has 0 amide bonds. The highest BCUT2D eigenvalue weighted by Crippen LogP contribution is 2.43. The number of aromatic nitrogens is 2. The number of anilines is 1. The summed E-state index contributed by atoms with van der Waals surface area (Å²) in [7, 11) is 0. The maximum atomic E-state index is 6.35. The Morgan fingerprint density at radius 3 is 2.60 bits per heavy atom. The van der Waals surface area contributed by atoms with E-state index in [1.165, 1.54) is 12.8 Å². The molecule has 0 radical (unpaired) electrons. The minimum Gasteiger partial charge on any atom is -0.383 e. The molecule has 3 rings (SSSR count). The van der Waals surface area contributed by atoms with Crippen LogP contribution in [-0.2, 0) is 0 Å². The normalized spacial score (nSPS) is 15.1. The van der Waals surface area contributed by atoms with E-state index in [0.29, 0.717) is 12.0 Å². The smallest absolute Gasteiger partial charge is 0.131 e. The number of aryl methyl sites for hydroxylation is 1. The van der Waals surface area contributed by atoms with Crippen LogP contribution in [0, 0.1) is 6.92 Å². The highest BCUT2D eigenvalue weighted by Gasteiger charge is 2.31. The quantitative estimate of drug-likeness (QED) is 0.900. The summed E-state index contributed by atoms with van der Waals surface area (Å²) in [6.07, 6.45) is 2.44. The molecular formula is C16H20ClN3. The van der Waals surface area contributed by atoms with Crippen LogP contribution in [0.15, 0.2) is 18.2 Å².